The molecule has 2 aromatic heterocycles. The number of likely N-dealkylation sites (tertiary alicyclic amines) is 1. The van der Waals surface area contributed by atoms with Crippen LogP contribution in [0.3, 0.4) is 0 Å². The molecule has 1 aromatic carbocycles. The molecule has 34 heavy (non-hydrogen) atoms. The zero-order valence-electron chi connectivity index (χ0n) is 18.9. The van der Waals surface area contributed by atoms with Crippen molar-refractivity contribution in [1.82, 2.24) is 24.6 Å². The Morgan fingerprint density at radius 2 is 1.91 bits per heavy atom. The Kier molecular flexibility index (Phi) is 6.27. The second-order valence-corrected chi connectivity index (χ2v) is 11.2. The SMILES string of the molecule is Cc1nc(C(F)(F)F)ccc1-c1nnc(SCCCN2C[C@H]3C[C@@]3(c3ccc(Br)cc3)C2)n1C. The number of piperidine rings is 1. The van der Waals surface area contributed by atoms with E-state index in [1.165, 1.54) is 18.1 Å². The van der Waals surface area contributed by atoms with Crippen LogP contribution in [0.1, 0.15) is 29.8 Å². The fourth-order valence-electron chi connectivity index (χ4n) is 5.07. The lowest BCUT2D eigenvalue weighted by molar-refractivity contribution is -0.141. The molecule has 2 atom stereocenters. The Morgan fingerprint density at radius 1 is 1.15 bits per heavy atom. The summed E-state index contributed by atoms with van der Waals surface area (Å²) in [6, 6.07) is 11.2. The molecule has 0 N–H and O–H groups in total. The number of pyridine rings is 1. The van der Waals surface area contributed by atoms with Crippen LogP contribution in [0.25, 0.3) is 11.4 Å². The minimum Gasteiger partial charge on any atom is -0.305 e. The number of thioether (sulfide) groups is 1. The van der Waals surface area contributed by atoms with Crippen LogP contribution in [0.5, 0.6) is 0 Å². The molecule has 0 radical (unpaired) electrons. The van der Waals surface area contributed by atoms with Crippen LogP contribution < -0.4 is 0 Å². The third-order valence-electron chi connectivity index (χ3n) is 6.94. The van der Waals surface area contributed by atoms with Crippen LogP contribution in [0.4, 0.5) is 13.2 Å². The van der Waals surface area contributed by atoms with E-state index in [4.69, 9.17) is 0 Å². The van der Waals surface area contributed by atoms with E-state index in [1.54, 1.807) is 18.7 Å². The summed E-state index contributed by atoms with van der Waals surface area (Å²) in [6.45, 7) is 4.90. The number of benzene rings is 1. The Labute approximate surface area is 209 Å². The topological polar surface area (TPSA) is 46.8 Å². The van der Waals surface area contributed by atoms with Crippen LogP contribution >= 0.6 is 27.7 Å². The maximum atomic E-state index is 12.9. The molecule has 2 aliphatic rings. The van der Waals surface area contributed by atoms with Gasteiger partial charge in [0, 0.05) is 47.0 Å². The van der Waals surface area contributed by atoms with E-state index in [0.29, 0.717) is 16.8 Å². The number of aryl methyl sites for hydroxylation is 1. The normalized spacial score (nSPS) is 22.2. The first-order chi connectivity index (χ1) is 16.2. The maximum Gasteiger partial charge on any atom is 0.433 e. The lowest BCUT2D eigenvalue weighted by atomic mass is 9.95. The van der Waals surface area contributed by atoms with Gasteiger partial charge in [0.05, 0.1) is 0 Å². The highest BCUT2D eigenvalue weighted by Gasteiger charge is 2.60. The molecule has 5 nitrogen and oxygen atoms in total. The van der Waals surface area contributed by atoms with Gasteiger partial charge in [0.25, 0.3) is 0 Å². The minimum absolute atomic E-state index is 0.286. The highest BCUT2D eigenvalue weighted by Crippen LogP contribution is 2.59. The van der Waals surface area contributed by atoms with Crippen LogP contribution in [-0.4, -0.2) is 50.0 Å². The van der Waals surface area contributed by atoms with Crippen molar-refractivity contribution in [2.45, 2.75) is 36.5 Å². The van der Waals surface area contributed by atoms with Gasteiger partial charge < -0.3 is 9.47 Å². The van der Waals surface area contributed by atoms with E-state index >= 15 is 0 Å². The van der Waals surface area contributed by atoms with Gasteiger partial charge in [-0.1, -0.05) is 39.8 Å². The van der Waals surface area contributed by atoms with E-state index in [-0.39, 0.29) is 5.69 Å². The van der Waals surface area contributed by atoms with Crippen molar-refractivity contribution < 1.29 is 13.2 Å². The predicted molar refractivity (Wildman–Crippen MR) is 130 cm³/mol. The van der Waals surface area contributed by atoms with Gasteiger partial charge in [0.1, 0.15) is 5.69 Å². The molecule has 3 aromatic rings. The molecule has 0 unspecified atom stereocenters. The lowest BCUT2D eigenvalue weighted by Crippen LogP contribution is -2.27. The van der Waals surface area contributed by atoms with Crippen molar-refractivity contribution in [2.75, 3.05) is 25.4 Å². The number of hydrogen-bond donors (Lipinski definition) is 0. The third-order valence-corrected chi connectivity index (χ3v) is 8.57. The largest absolute Gasteiger partial charge is 0.433 e. The van der Waals surface area contributed by atoms with Crippen LogP contribution in [0.2, 0.25) is 0 Å². The summed E-state index contributed by atoms with van der Waals surface area (Å²) in [6.07, 6.45) is -2.13. The number of alkyl halides is 3. The Bertz CT molecular complexity index is 1200. The summed E-state index contributed by atoms with van der Waals surface area (Å²) in [5.41, 5.74) is 1.75. The number of aromatic nitrogens is 4. The molecule has 1 aliphatic carbocycles. The number of rotatable bonds is 7. The van der Waals surface area contributed by atoms with Gasteiger partial charge in [-0.15, -0.1) is 10.2 Å². The average molecular weight is 552 g/mol. The van der Waals surface area contributed by atoms with E-state index in [0.717, 1.165) is 53.4 Å². The second kappa shape index (κ2) is 8.95. The Hall–Kier alpha value is -1.91. The smallest absolute Gasteiger partial charge is 0.305 e. The first-order valence-electron chi connectivity index (χ1n) is 11.2. The van der Waals surface area contributed by atoms with E-state index in [2.05, 4.69) is 60.3 Å². The molecule has 1 saturated carbocycles. The molecule has 0 spiro atoms. The van der Waals surface area contributed by atoms with Crippen molar-refractivity contribution in [3.63, 3.8) is 0 Å². The van der Waals surface area contributed by atoms with Gasteiger partial charge in [-0.3, -0.25) is 0 Å². The molecule has 2 fully saturated rings. The summed E-state index contributed by atoms with van der Waals surface area (Å²) in [4.78, 5) is 6.28. The zero-order valence-corrected chi connectivity index (χ0v) is 21.3. The highest BCUT2D eigenvalue weighted by molar-refractivity contribution is 9.10. The van der Waals surface area contributed by atoms with Crippen LogP contribution in [-0.2, 0) is 18.6 Å². The van der Waals surface area contributed by atoms with Gasteiger partial charge in [-0.05, 0) is 62.1 Å². The van der Waals surface area contributed by atoms with Gasteiger partial charge in [0.15, 0.2) is 11.0 Å². The summed E-state index contributed by atoms with van der Waals surface area (Å²) in [7, 11) is 1.84. The number of fused-ring (bicyclic) bond motifs is 1. The molecule has 1 aliphatic heterocycles. The monoisotopic (exact) mass is 551 g/mol. The van der Waals surface area contributed by atoms with Crippen molar-refractivity contribution in [2.24, 2.45) is 13.0 Å². The van der Waals surface area contributed by atoms with Gasteiger partial charge in [-0.2, -0.15) is 13.2 Å². The van der Waals surface area contributed by atoms with E-state index < -0.39 is 11.9 Å². The molecule has 5 rings (SSSR count). The van der Waals surface area contributed by atoms with Crippen LogP contribution in [0.15, 0.2) is 46.0 Å². The third kappa shape index (κ3) is 4.52. The fraction of sp³-hybridized carbons (Fsp3) is 0.458. The first-order valence-corrected chi connectivity index (χ1v) is 13.0. The molecule has 0 bridgehead atoms. The summed E-state index contributed by atoms with van der Waals surface area (Å²) in [5.74, 6) is 2.20. The molecule has 10 heteroatoms. The second-order valence-electron chi connectivity index (χ2n) is 9.19. The number of nitrogens with zero attached hydrogens (tertiary/aromatic N) is 5. The van der Waals surface area contributed by atoms with Crippen molar-refractivity contribution in [3.05, 3.63) is 57.8 Å². The lowest BCUT2D eigenvalue weighted by Gasteiger charge is -2.21. The summed E-state index contributed by atoms with van der Waals surface area (Å²) < 4.78 is 41.7. The van der Waals surface area contributed by atoms with Gasteiger partial charge in [0.2, 0.25) is 0 Å². The minimum atomic E-state index is -4.46. The molecule has 180 valence electrons. The number of halogens is 4. The standard InChI is InChI=1S/C24H25BrF3N5S/c1-15-19(8-9-20(29-15)24(26,27)28)21-30-31-22(32(21)2)34-11-3-10-33-13-17-12-23(17,14-33)16-4-6-18(25)7-5-16/h4-9,17H,3,10-14H2,1-2H3/t17-,23+/m1/s1. The molecule has 0 amide bonds. The average Bonchev–Trinajstić information content (AvgIpc) is 3.16. The van der Waals surface area contributed by atoms with Crippen molar-refractivity contribution in [3.8, 4) is 11.4 Å². The molecule has 1 saturated heterocycles. The molecule has 3 heterocycles. The zero-order chi connectivity index (χ0) is 24.1. The summed E-state index contributed by atoms with van der Waals surface area (Å²) >= 11 is 5.15. The summed E-state index contributed by atoms with van der Waals surface area (Å²) in [5, 5.41) is 9.23. The van der Waals surface area contributed by atoms with Gasteiger partial charge in [-0.25, -0.2) is 4.98 Å². The first kappa shape index (κ1) is 23.8. The van der Waals surface area contributed by atoms with E-state index in [9.17, 15) is 13.2 Å². The number of hydrogen-bond acceptors (Lipinski definition) is 5. The fourth-order valence-corrected chi connectivity index (χ4v) is 6.17. The Morgan fingerprint density at radius 3 is 2.62 bits per heavy atom. The quantitative estimate of drug-likeness (QED) is 0.277. The predicted octanol–water partition coefficient (Wildman–Crippen LogP) is 5.72. The highest BCUT2D eigenvalue weighted by atomic mass is 79.9. The van der Waals surface area contributed by atoms with Crippen molar-refractivity contribution >= 4 is 27.7 Å². The molecular weight excluding hydrogens is 527 g/mol. The van der Waals surface area contributed by atoms with Crippen molar-refractivity contribution in [1.29, 1.82) is 0 Å². The Balaban J connectivity index is 1.15. The maximum absolute atomic E-state index is 12.9. The molecular formula is C24H25BrF3N5S. The van der Waals surface area contributed by atoms with Gasteiger partial charge >= 0.3 is 6.18 Å². The van der Waals surface area contributed by atoms with Crippen LogP contribution in [0, 0.1) is 12.8 Å². The van der Waals surface area contributed by atoms with E-state index in [1.807, 2.05) is 11.6 Å².